The van der Waals surface area contributed by atoms with Crippen LogP contribution in [0, 0.1) is 5.92 Å². The van der Waals surface area contributed by atoms with E-state index in [0.717, 1.165) is 6.42 Å². The van der Waals surface area contributed by atoms with Gasteiger partial charge in [0.15, 0.2) is 11.2 Å². The third-order valence-electron chi connectivity index (χ3n) is 2.47. The van der Waals surface area contributed by atoms with Crippen molar-refractivity contribution < 1.29 is 0 Å². The summed E-state index contributed by atoms with van der Waals surface area (Å²) >= 11 is 0. The Morgan fingerprint density at radius 2 is 2.00 bits per heavy atom. The standard InChI is InChI=1S/C10H16N6O/c1-4(2)3-5(11)7-13-6-8(14-7)15-10(12)16-9(6)17/h4-5H,3,11H2,1-2H3,(H4,12,13,14,15,16,17). The minimum atomic E-state index is -0.331. The summed E-state index contributed by atoms with van der Waals surface area (Å²) in [5.74, 6) is 1.07. The minimum Gasteiger partial charge on any atom is -0.369 e. The van der Waals surface area contributed by atoms with Gasteiger partial charge in [0.1, 0.15) is 5.82 Å². The lowest BCUT2D eigenvalue weighted by atomic mass is 10.0. The Morgan fingerprint density at radius 1 is 1.29 bits per heavy atom. The van der Waals surface area contributed by atoms with Crippen molar-refractivity contribution in [1.29, 1.82) is 0 Å². The summed E-state index contributed by atoms with van der Waals surface area (Å²) in [6.07, 6.45) is 0.785. The number of nitrogen functional groups attached to an aromatic ring is 1. The van der Waals surface area contributed by atoms with Crippen LogP contribution in [0.5, 0.6) is 0 Å². The zero-order valence-electron chi connectivity index (χ0n) is 9.82. The number of anilines is 1. The first kappa shape index (κ1) is 11.6. The highest BCUT2D eigenvalue weighted by Crippen LogP contribution is 2.17. The van der Waals surface area contributed by atoms with Gasteiger partial charge in [0, 0.05) is 0 Å². The first-order chi connectivity index (χ1) is 7.97. The fraction of sp³-hybridized carbons (Fsp3) is 0.500. The van der Waals surface area contributed by atoms with Crippen molar-refractivity contribution in [2.75, 3.05) is 5.73 Å². The molecule has 2 heterocycles. The van der Waals surface area contributed by atoms with Gasteiger partial charge < -0.3 is 16.5 Å². The Hall–Kier alpha value is -1.89. The molecule has 0 aliphatic rings. The van der Waals surface area contributed by atoms with Gasteiger partial charge in [-0.25, -0.2) is 4.98 Å². The Morgan fingerprint density at radius 3 is 2.65 bits per heavy atom. The third-order valence-corrected chi connectivity index (χ3v) is 2.47. The number of aromatic amines is 2. The zero-order valence-corrected chi connectivity index (χ0v) is 9.82. The van der Waals surface area contributed by atoms with Crippen molar-refractivity contribution in [3.05, 3.63) is 16.2 Å². The van der Waals surface area contributed by atoms with Crippen molar-refractivity contribution in [1.82, 2.24) is 19.9 Å². The van der Waals surface area contributed by atoms with Gasteiger partial charge in [0.25, 0.3) is 5.56 Å². The van der Waals surface area contributed by atoms with Crippen LogP contribution >= 0.6 is 0 Å². The van der Waals surface area contributed by atoms with Crippen molar-refractivity contribution in [2.45, 2.75) is 26.3 Å². The second-order valence-electron chi connectivity index (χ2n) is 4.51. The molecule has 0 radical (unpaired) electrons. The number of imidazole rings is 1. The molecular weight excluding hydrogens is 220 g/mol. The number of aromatic nitrogens is 4. The van der Waals surface area contributed by atoms with Crippen molar-refractivity contribution in [2.24, 2.45) is 11.7 Å². The van der Waals surface area contributed by atoms with Crippen LogP contribution in [0.2, 0.25) is 0 Å². The average Bonchev–Trinajstić information content (AvgIpc) is 2.60. The van der Waals surface area contributed by atoms with Gasteiger partial charge >= 0.3 is 0 Å². The van der Waals surface area contributed by atoms with Crippen LogP contribution in [0.3, 0.4) is 0 Å². The molecule has 6 N–H and O–H groups in total. The fourth-order valence-corrected chi connectivity index (χ4v) is 1.74. The molecule has 2 rings (SSSR count). The number of hydrogen-bond donors (Lipinski definition) is 4. The Balaban J connectivity index is 2.44. The quantitative estimate of drug-likeness (QED) is 0.608. The summed E-state index contributed by atoms with van der Waals surface area (Å²) in [6, 6.07) is -0.232. The molecule has 7 nitrogen and oxygen atoms in total. The van der Waals surface area contributed by atoms with Crippen LogP contribution < -0.4 is 17.0 Å². The molecule has 2 aromatic rings. The first-order valence-corrected chi connectivity index (χ1v) is 5.48. The van der Waals surface area contributed by atoms with E-state index in [-0.39, 0.29) is 17.5 Å². The Bertz CT molecular complexity index is 584. The Labute approximate surface area is 97.6 Å². The van der Waals surface area contributed by atoms with E-state index < -0.39 is 0 Å². The fourth-order valence-electron chi connectivity index (χ4n) is 1.74. The average molecular weight is 236 g/mol. The second-order valence-corrected chi connectivity index (χ2v) is 4.51. The maximum atomic E-state index is 11.6. The maximum absolute atomic E-state index is 11.6. The number of nitrogens with one attached hydrogen (secondary N) is 2. The topological polar surface area (TPSA) is 126 Å². The summed E-state index contributed by atoms with van der Waals surface area (Å²) in [5, 5.41) is 0. The molecule has 17 heavy (non-hydrogen) atoms. The van der Waals surface area contributed by atoms with E-state index in [1.807, 2.05) is 0 Å². The highest BCUT2D eigenvalue weighted by Gasteiger charge is 2.15. The normalized spacial score (nSPS) is 13.4. The molecule has 92 valence electrons. The van der Waals surface area contributed by atoms with E-state index in [4.69, 9.17) is 11.5 Å². The predicted octanol–water partition coefficient (Wildman–Crippen LogP) is 0.274. The molecule has 0 amide bonds. The number of rotatable bonds is 3. The first-order valence-electron chi connectivity index (χ1n) is 5.48. The molecule has 0 saturated carbocycles. The van der Waals surface area contributed by atoms with Crippen LogP contribution in [0.25, 0.3) is 11.2 Å². The molecule has 0 spiro atoms. The van der Waals surface area contributed by atoms with Crippen LogP contribution in [0.15, 0.2) is 4.79 Å². The monoisotopic (exact) mass is 236 g/mol. The summed E-state index contributed by atoms with van der Waals surface area (Å²) in [6.45, 7) is 4.15. The molecule has 1 atom stereocenters. The van der Waals surface area contributed by atoms with Gasteiger partial charge in [-0.2, -0.15) is 4.98 Å². The van der Waals surface area contributed by atoms with E-state index in [0.29, 0.717) is 22.9 Å². The number of H-pyrrole nitrogens is 2. The molecule has 0 saturated heterocycles. The molecule has 0 aliphatic carbocycles. The molecule has 0 fully saturated rings. The highest BCUT2D eigenvalue weighted by molar-refractivity contribution is 5.70. The summed E-state index contributed by atoms with van der Waals surface area (Å²) in [4.78, 5) is 25.0. The lowest BCUT2D eigenvalue weighted by Crippen LogP contribution is -2.14. The van der Waals surface area contributed by atoms with Crippen LogP contribution in [0.4, 0.5) is 5.95 Å². The highest BCUT2D eigenvalue weighted by atomic mass is 16.1. The largest absolute Gasteiger partial charge is 0.369 e. The van der Waals surface area contributed by atoms with E-state index in [1.165, 1.54) is 0 Å². The summed E-state index contributed by atoms with van der Waals surface area (Å²) < 4.78 is 0. The van der Waals surface area contributed by atoms with E-state index in [9.17, 15) is 4.79 Å². The van der Waals surface area contributed by atoms with E-state index in [1.54, 1.807) is 0 Å². The van der Waals surface area contributed by atoms with Gasteiger partial charge in [-0.3, -0.25) is 9.78 Å². The summed E-state index contributed by atoms with van der Waals surface area (Å²) in [7, 11) is 0. The molecule has 0 bridgehead atoms. The number of nitrogens with two attached hydrogens (primary N) is 2. The predicted molar refractivity (Wildman–Crippen MR) is 65.3 cm³/mol. The van der Waals surface area contributed by atoms with Gasteiger partial charge in [-0.15, -0.1) is 0 Å². The summed E-state index contributed by atoms with van der Waals surface area (Å²) in [5.41, 5.74) is 11.7. The lowest BCUT2D eigenvalue weighted by molar-refractivity contribution is 0.496. The van der Waals surface area contributed by atoms with Crippen molar-refractivity contribution >= 4 is 17.1 Å². The van der Waals surface area contributed by atoms with Gasteiger partial charge in [0.05, 0.1) is 6.04 Å². The van der Waals surface area contributed by atoms with Crippen molar-refractivity contribution in [3.8, 4) is 0 Å². The van der Waals surface area contributed by atoms with Gasteiger partial charge in [-0.05, 0) is 12.3 Å². The molecule has 7 heteroatoms. The lowest BCUT2D eigenvalue weighted by Gasteiger charge is -2.10. The smallest absolute Gasteiger partial charge is 0.278 e. The van der Waals surface area contributed by atoms with E-state index >= 15 is 0 Å². The molecule has 2 aromatic heterocycles. The number of nitrogens with zero attached hydrogens (tertiary/aromatic N) is 2. The molecule has 0 aliphatic heterocycles. The van der Waals surface area contributed by atoms with Gasteiger partial charge in [0.2, 0.25) is 5.95 Å². The maximum Gasteiger partial charge on any atom is 0.278 e. The van der Waals surface area contributed by atoms with Crippen LogP contribution in [-0.4, -0.2) is 19.9 Å². The molecular formula is C10H16N6O. The third kappa shape index (κ3) is 2.28. The number of fused-ring (bicyclic) bond motifs is 1. The molecule has 0 aromatic carbocycles. The van der Waals surface area contributed by atoms with Crippen molar-refractivity contribution in [3.63, 3.8) is 0 Å². The van der Waals surface area contributed by atoms with E-state index in [2.05, 4.69) is 33.8 Å². The SMILES string of the molecule is CC(C)CC(N)c1nc2nc(N)[nH]c(=O)c2[nH]1. The number of hydrogen-bond acceptors (Lipinski definition) is 5. The second kappa shape index (κ2) is 4.17. The van der Waals surface area contributed by atoms with Gasteiger partial charge in [-0.1, -0.05) is 13.8 Å². The Kier molecular flexibility index (Phi) is 2.84. The van der Waals surface area contributed by atoms with Crippen LogP contribution in [-0.2, 0) is 0 Å². The minimum absolute atomic E-state index is 0.0537. The molecule has 1 unspecified atom stereocenters. The zero-order chi connectivity index (χ0) is 12.6. The van der Waals surface area contributed by atoms with Crippen LogP contribution in [0.1, 0.15) is 32.1 Å².